The molecule has 3 rings (SSSR count). The van der Waals surface area contributed by atoms with Crippen LogP contribution in [-0.2, 0) is 4.79 Å². The van der Waals surface area contributed by atoms with Crippen molar-refractivity contribution >= 4 is 34.2 Å². The van der Waals surface area contributed by atoms with Gasteiger partial charge in [0.2, 0.25) is 11.7 Å². The first-order valence-electron chi connectivity index (χ1n) is 8.92. The highest BCUT2D eigenvalue weighted by Crippen LogP contribution is 2.32. The molecule has 1 heterocycles. The fourth-order valence-electron chi connectivity index (χ4n) is 2.94. The van der Waals surface area contributed by atoms with E-state index >= 15 is 0 Å². The van der Waals surface area contributed by atoms with E-state index in [1.54, 1.807) is 18.2 Å². The topological polar surface area (TPSA) is 71.3 Å². The Kier molecular flexibility index (Phi) is 5.54. The summed E-state index contributed by atoms with van der Waals surface area (Å²) in [5.41, 5.74) is 1.28. The summed E-state index contributed by atoms with van der Waals surface area (Å²) in [5, 5.41) is 6.18. The molecule has 0 unspecified atom stereocenters. The smallest absolute Gasteiger partial charge is 0.293 e. The van der Waals surface area contributed by atoms with E-state index < -0.39 is 11.7 Å². The molecule has 2 aromatic carbocycles. The number of carbonyl (C=O) groups excluding carboxylic acids is 2. The number of para-hydroxylation sites is 1. The molecule has 0 saturated carbocycles. The van der Waals surface area contributed by atoms with Crippen LogP contribution in [0, 0.1) is 11.7 Å². The van der Waals surface area contributed by atoms with Gasteiger partial charge in [0, 0.05) is 17.0 Å². The summed E-state index contributed by atoms with van der Waals surface area (Å²) in [6, 6.07) is 12.5. The van der Waals surface area contributed by atoms with Gasteiger partial charge in [-0.2, -0.15) is 0 Å². The molecular weight excluding hydrogens is 347 g/mol. The minimum absolute atomic E-state index is 0.0137. The molecule has 2 amide bonds. The van der Waals surface area contributed by atoms with Gasteiger partial charge in [-0.1, -0.05) is 26.0 Å². The van der Waals surface area contributed by atoms with E-state index in [2.05, 4.69) is 10.6 Å². The minimum atomic E-state index is -0.516. The largest absolute Gasteiger partial charge is 0.449 e. The highest BCUT2D eigenvalue weighted by molar-refractivity contribution is 6.14. The van der Waals surface area contributed by atoms with Crippen LogP contribution < -0.4 is 10.6 Å². The van der Waals surface area contributed by atoms with Gasteiger partial charge in [0.15, 0.2) is 0 Å². The molecule has 6 heteroatoms. The van der Waals surface area contributed by atoms with Gasteiger partial charge in [0.25, 0.3) is 5.91 Å². The maximum Gasteiger partial charge on any atom is 0.293 e. The van der Waals surface area contributed by atoms with E-state index in [0.29, 0.717) is 35.2 Å². The van der Waals surface area contributed by atoms with Crippen LogP contribution >= 0.6 is 0 Å². The van der Waals surface area contributed by atoms with Gasteiger partial charge >= 0.3 is 0 Å². The molecule has 2 N–H and O–H groups in total. The molecule has 0 spiro atoms. The predicted molar refractivity (Wildman–Crippen MR) is 103 cm³/mol. The maximum absolute atomic E-state index is 13.1. The Morgan fingerprint density at radius 2 is 1.67 bits per heavy atom. The van der Waals surface area contributed by atoms with Crippen LogP contribution in [-0.4, -0.2) is 11.8 Å². The molecule has 0 aliphatic rings. The Hall–Kier alpha value is -3.15. The van der Waals surface area contributed by atoms with E-state index in [0.717, 1.165) is 0 Å². The molecule has 0 fully saturated rings. The second-order valence-corrected chi connectivity index (χ2v) is 6.27. The highest BCUT2D eigenvalue weighted by Gasteiger charge is 2.24. The molecule has 0 aliphatic heterocycles. The van der Waals surface area contributed by atoms with Gasteiger partial charge in [0.05, 0.1) is 0 Å². The third kappa shape index (κ3) is 4.00. The predicted octanol–water partition coefficient (Wildman–Crippen LogP) is 5.20. The number of rotatable bonds is 6. The second kappa shape index (κ2) is 8.03. The molecule has 0 bridgehead atoms. The number of hydrogen-bond acceptors (Lipinski definition) is 3. The third-order valence-electron chi connectivity index (χ3n) is 4.51. The van der Waals surface area contributed by atoms with E-state index in [9.17, 15) is 14.0 Å². The fraction of sp³-hybridized carbons (Fsp3) is 0.238. The normalized spacial score (nSPS) is 11.0. The number of hydrogen-bond donors (Lipinski definition) is 2. The molecule has 0 saturated heterocycles. The van der Waals surface area contributed by atoms with Gasteiger partial charge < -0.3 is 15.1 Å². The van der Waals surface area contributed by atoms with Crippen molar-refractivity contribution in [2.24, 2.45) is 5.92 Å². The van der Waals surface area contributed by atoms with Crippen LogP contribution in [0.1, 0.15) is 37.2 Å². The average molecular weight is 368 g/mol. The maximum atomic E-state index is 13.1. The van der Waals surface area contributed by atoms with Gasteiger partial charge in [0.1, 0.15) is 17.1 Å². The van der Waals surface area contributed by atoms with Gasteiger partial charge in [-0.3, -0.25) is 9.59 Å². The zero-order valence-electron chi connectivity index (χ0n) is 15.2. The number of fused-ring (bicyclic) bond motifs is 1. The summed E-state index contributed by atoms with van der Waals surface area (Å²) in [6.07, 6.45) is 1.41. The molecular formula is C21H21FN2O3. The monoisotopic (exact) mass is 368 g/mol. The van der Waals surface area contributed by atoms with Crippen LogP contribution in [0.4, 0.5) is 15.8 Å². The standard InChI is InChI=1S/C21H21FN2O3/c1-3-13(4-2)20(25)24-18-16-7-5-6-8-17(16)27-19(18)21(26)23-15-11-9-14(22)10-12-15/h5-13H,3-4H2,1-2H3,(H,23,26)(H,24,25). The van der Waals surface area contributed by atoms with E-state index in [4.69, 9.17) is 4.42 Å². The van der Waals surface area contributed by atoms with Crippen LogP contribution in [0.3, 0.4) is 0 Å². The summed E-state index contributed by atoms with van der Waals surface area (Å²) in [6.45, 7) is 3.90. The Labute approximate surface area is 156 Å². The number of furan rings is 1. The quantitative estimate of drug-likeness (QED) is 0.628. The first-order chi connectivity index (χ1) is 13.0. The van der Waals surface area contributed by atoms with Crippen molar-refractivity contribution in [1.82, 2.24) is 0 Å². The molecule has 1 aromatic heterocycles. The first-order valence-corrected chi connectivity index (χ1v) is 8.92. The van der Waals surface area contributed by atoms with Crippen LogP contribution in [0.25, 0.3) is 11.0 Å². The second-order valence-electron chi connectivity index (χ2n) is 6.27. The SMILES string of the molecule is CCC(CC)C(=O)Nc1c(C(=O)Nc2ccc(F)cc2)oc2ccccc12. The van der Waals surface area contributed by atoms with Crippen molar-refractivity contribution in [2.45, 2.75) is 26.7 Å². The molecule has 0 atom stereocenters. The van der Waals surface area contributed by atoms with E-state index in [1.165, 1.54) is 24.3 Å². The van der Waals surface area contributed by atoms with Gasteiger partial charge in [-0.25, -0.2) is 4.39 Å². The summed E-state index contributed by atoms with van der Waals surface area (Å²) in [5.74, 6) is -1.19. The van der Waals surface area contributed by atoms with Crippen molar-refractivity contribution < 1.29 is 18.4 Å². The van der Waals surface area contributed by atoms with Gasteiger partial charge in [-0.05, 0) is 49.2 Å². The molecule has 140 valence electrons. The van der Waals surface area contributed by atoms with Crippen molar-refractivity contribution in [3.63, 3.8) is 0 Å². The summed E-state index contributed by atoms with van der Waals surface area (Å²) < 4.78 is 18.8. The summed E-state index contributed by atoms with van der Waals surface area (Å²) in [4.78, 5) is 25.3. The van der Waals surface area contributed by atoms with Crippen molar-refractivity contribution in [3.05, 3.63) is 60.1 Å². The third-order valence-corrected chi connectivity index (χ3v) is 4.51. The lowest BCUT2D eigenvalue weighted by molar-refractivity contribution is -0.120. The Morgan fingerprint density at radius 1 is 1.00 bits per heavy atom. The molecule has 0 aliphatic carbocycles. The number of carbonyl (C=O) groups is 2. The molecule has 0 radical (unpaired) electrons. The highest BCUT2D eigenvalue weighted by atomic mass is 19.1. The summed E-state index contributed by atoms with van der Waals surface area (Å²) >= 11 is 0. The number of anilines is 2. The van der Waals surface area contributed by atoms with Crippen LogP contribution in [0.2, 0.25) is 0 Å². The van der Waals surface area contributed by atoms with Gasteiger partial charge in [-0.15, -0.1) is 0 Å². The number of benzene rings is 2. The first kappa shape index (κ1) is 18.6. The lowest BCUT2D eigenvalue weighted by atomic mass is 10.0. The average Bonchev–Trinajstić information content (AvgIpc) is 3.03. The van der Waals surface area contributed by atoms with Crippen LogP contribution in [0.15, 0.2) is 52.9 Å². The molecule has 3 aromatic rings. The Morgan fingerprint density at radius 3 is 2.33 bits per heavy atom. The zero-order chi connectivity index (χ0) is 19.4. The summed E-state index contributed by atoms with van der Waals surface area (Å²) in [7, 11) is 0. The number of halogens is 1. The number of amides is 2. The zero-order valence-corrected chi connectivity index (χ0v) is 15.2. The van der Waals surface area contributed by atoms with Crippen molar-refractivity contribution in [3.8, 4) is 0 Å². The molecule has 5 nitrogen and oxygen atoms in total. The van der Waals surface area contributed by atoms with E-state index in [1.807, 2.05) is 19.9 Å². The minimum Gasteiger partial charge on any atom is -0.449 e. The Balaban J connectivity index is 1.95. The van der Waals surface area contributed by atoms with E-state index in [-0.39, 0.29) is 17.6 Å². The lowest BCUT2D eigenvalue weighted by Gasteiger charge is -2.13. The Bertz CT molecular complexity index is 959. The van der Waals surface area contributed by atoms with Crippen molar-refractivity contribution in [2.75, 3.05) is 10.6 Å². The van der Waals surface area contributed by atoms with Crippen LogP contribution in [0.5, 0.6) is 0 Å². The molecule has 27 heavy (non-hydrogen) atoms. The number of nitrogens with one attached hydrogen (secondary N) is 2. The van der Waals surface area contributed by atoms with Crippen molar-refractivity contribution in [1.29, 1.82) is 0 Å². The lowest BCUT2D eigenvalue weighted by Crippen LogP contribution is -2.23. The fourth-order valence-corrected chi connectivity index (χ4v) is 2.94.